The zero-order valence-corrected chi connectivity index (χ0v) is 11.1. The molecular weight excluding hydrogens is 226 g/mol. The van der Waals surface area contributed by atoms with Crippen LogP contribution in [0.1, 0.15) is 29.5 Å². The second-order valence-corrected chi connectivity index (χ2v) is 5.43. The van der Waals surface area contributed by atoms with E-state index in [9.17, 15) is 4.79 Å². The number of carbonyl (C=O) groups is 1. The van der Waals surface area contributed by atoms with E-state index in [1.54, 1.807) is 0 Å². The van der Waals surface area contributed by atoms with Gasteiger partial charge in [0.15, 0.2) is 0 Å². The first-order chi connectivity index (χ1) is 8.53. The molecule has 1 saturated carbocycles. The maximum atomic E-state index is 11.0. The van der Waals surface area contributed by atoms with Crippen LogP contribution in [0.2, 0.25) is 0 Å². The van der Waals surface area contributed by atoms with Gasteiger partial charge in [-0.2, -0.15) is 0 Å². The molecule has 0 bridgehead atoms. The first-order valence-electron chi connectivity index (χ1n) is 6.54. The number of hydrogen-bond donors (Lipinski definition) is 2. The molecule has 1 aliphatic rings. The molecule has 1 aromatic carbocycles. The molecule has 0 saturated heterocycles. The van der Waals surface area contributed by atoms with Crippen molar-refractivity contribution in [3.05, 3.63) is 34.9 Å². The van der Waals surface area contributed by atoms with Gasteiger partial charge in [-0.15, -0.1) is 0 Å². The van der Waals surface area contributed by atoms with Gasteiger partial charge >= 0.3 is 5.97 Å². The van der Waals surface area contributed by atoms with Crippen molar-refractivity contribution in [2.75, 3.05) is 13.1 Å². The fourth-order valence-electron chi connectivity index (χ4n) is 2.14. The van der Waals surface area contributed by atoms with E-state index in [0.29, 0.717) is 6.54 Å². The molecule has 0 atom stereocenters. The normalized spacial score (nSPS) is 16.6. The lowest BCUT2D eigenvalue weighted by atomic mass is 10.0. The standard InChI is InChI=1S/C15H21NO2/c1-11-3-4-13(9-12(11)2)5-8-16-10-15(6-7-15)14(17)18/h3-4,9,16H,5-8,10H2,1-2H3,(H,17,18). The van der Waals surface area contributed by atoms with Crippen molar-refractivity contribution in [2.24, 2.45) is 5.41 Å². The van der Waals surface area contributed by atoms with Crippen molar-refractivity contribution < 1.29 is 9.90 Å². The van der Waals surface area contributed by atoms with Crippen LogP contribution >= 0.6 is 0 Å². The molecule has 0 unspecified atom stereocenters. The summed E-state index contributed by atoms with van der Waals surface area (Å²) in [6.45, 7) is 5.68. The highest BCUT2D eigenvalue weighted by molar-refractivity contribution is 5.78. The Morgan fingerprint density at radius 3 is 2.61 bits per heavy atom. The van der Waals surface area contributed by atoms with Crippen molar-refractivity contribution in [1.29, 1.82) is 0 Å². The topological polar surface area (TPSA) is 49.3 Å². The zero-order chi connectivity index (χ0) is 13.2. The summed E-state index contributed by atoms with van der Waals surface area (Å²) in [7, 11) is 0. The van der Waals surface area contributed by atoms with Crippen LogP contribution in [-0.2, 0) is 11.2 Å². The number of carboxylic acid groups (broad SMARTS) is 1. The van der Waals surface area contributed by atoms with Gasteiger partial charge < -0.3 is 10.4 Å². The summed E-state index contributed by atoms with van der Waals surface area (Å²) in [6.07, 6.45) is 2.59. The third kappa shape index (κ3) is 2.91. The van der Waals surface area contributed by atoms with E-state index in [1.165, 1.54) is 16.7 Å². The Bertz CT molecular complexity index is 450. The van der Waals surface area contributed by atoms with E-state index in [-0.39, 0.29) is 0 Å². The predicted octanol–water partition coefficient (Wildman–Crippen LogP) is 2.30. The lowest BCUT2D eigenvalue weighted by Gasteiger charge is -2.11. The van der Waals surface area contributed by atoms with Gasteiger partial charge in [-0.1, -0.05) is 18.2 Å². The Hall–Kier alpha value is -1.35. The lowest BCUT2D eigenvalue weighted by Crippen LogP contribution is -2.31. The fraction of sp³-hybridized carbons (Fsp3) is 0.533. The van der Waals surface area contributed by atoms with Crippen LogP contribution in [0.25, 0.3) is 0 Å². The van der Waals surface area contributed by atoms with Crippen molar-refractivity contribution >= 4 is 5.97 Å². The van der Waals surface area contributed by atoms with Crippen molar-refractivity contribution in [3.63, 3.8) is 0 Å². The van der Waals surface area contributed by atoms with Crippen LogP contribution in [0.4, 0.5) is 0 Å². The van der Waals surface area contributed by atoms with Crippen molar-refractivity contribution in [2.45, 2.75) is 33.1 Å². The summed E-state index contributed by atoms with van der Waals surface area (Å²) in [4.78, 5) is 11.0. The van der Waals surface area contributed by atoms with Crippen LogP contribution in [0.5, 0.6) is 0 Å². The van der Waals surface area contributed by atoms with Crippen molar-refractivity contribution in [1.82, 2.24) is 5.32 Å². The molecule has 1 fully saturated rings. The molecule has 98 valence electrons. The van der Waals surface area contributed by atoms with E-state index in [1.807, 2.05) is 0 Å². The molecule has 1 aliphatic carbocycles. The fourth-order valence-corrected chi connectivity index (χ4v) is 2.14. The molecule has 0 amide bonds. The molecule has 1 aromatic rings. The molecular formula is C15H21NO2. The molecule has 2 N–H and O–H groups in total. The van der Waals surface area contributed by atoms with Gasteiger partial charge in [-0.05, 0) is 56.3 Å². The minimum atomic E-state index is -0.652. The van der Waals surface area contributed by atoms with Gasteiger partial charge in [0.2, 0.25) is 0 Å². The van der Waals surface area contributed by atoms with Crippen LogP contribution in [0.3, 0.4) is 0 Å². The van der Waals surface area contributed by atoms with E-state index in [0.717, 1.165) is 25.8 Å². The van der Waals surface area contributed by atoms with Gasteiger partial charge in [-0.3, -0.25) is 4.79 Å². The van der Waals surface area contributed by atoms with Gasteiger partial charge in [0.25, 0.3) is 0 Å². The minimum absolute atomic E-state index is 0.455. The Labute approximate surface area is 108 Å². The minimum Gasteiger partial charge on any atom is -0.481 e. The molecule has 18 heavy (non-hydrogen) atoms. The molecule has 0 aliphatic heterocycles. The van der Waals surface area contributed by atoms with Crippen LogP contribution in [-0.4, -0.2) is 24.2 Å². The number of benzene rings is 1. The number of nitrogens with one attached hydrogen (secondary N) is 1. The Kier molecular flexibility index (Phi) is 3.71. The molecule has 0 radical (unpaired) electrons. The second kappa shape index (κ2) is 5.11. The zero-order valence-electron chi connectivity index (χ0n) is 11.1. The summed E-state index contributed by atoms with van der Waals surface area (Å²) in [5.74, 6) is -0.652. The summed E-state index contributed by atoms with van der Waals surface area (Å²) in [5, 5.41) is 12.3. The van der Waals surface area contributed by atoms with Gasteiger partial charge in [0, 0.05) is 6.54 Å². The summed E-state index contributed by atoms with van der Waals surface area (Å²) < 4.78 is 0. The number of aliphatic carboxylic acids is 1. The number of aryl methyl sites for hydroxylation is 2. The van der Waals surface area contributed by atoms with Crippen LogP contribution in [0.15, 0.2) is 18.2 Å². The molecule has 0 heterocycles. The molecule has 2 rings (SSSR count). The SMILES string of the molecule is Cc1ccc(CCNCC2(C(=O)O)CC2)cc1C. The maximum Gasteiger partial charge on any atom is 0.310 e. The summed E-state index contributed by atoms with van der Waals surface area (Å²) >= 11 is 0. The van der Waals surface area contributed by atoms with Crippen molar-refractivity contribution in [3.8, 4) is 0 Å². The Balaban J connectivity index is 1.75. The van der Waals surface area contributed by atoms with Crippen LogP contribution < -0.4 is 5.32 Å². The third-order valence-electron chi connectivity index (χ3n) is 3.93. The van der Waals surface area contributed by atoms with E-state index in [2.05, 4.69) is 37.4 Å². The predicted molar refractivity (Wildman–Crippen MR) is 71.8 cm³/mol. The summed E-state index contributed by atoms with van der Waals surface area (Å²) in [5.41, 5.74) is 3.49. The summed E-state index contributed by atoms with van der Waals surface area (Å²) in [6, 6.07) is 6.50. The number of rotatable bonds is 6. The molecule has 3 nitrogen and oxygen atoms in total. The third-order valence-corrected chi connectivity index (χ3v) is 3.93. The number of hydrogen-bond acceptors (Lipinski definition) is 2. The second-order valence-electron chi connectivity index (χ2n) is 5.43. The number of carboxylic acids is 1. The maximum absolute atomic E-state index is 11.0. The highest BCUT2D eigenvalue weighted by atomic mass is 16.4. The smallest absolute Gasteiger partial charge is 0.310 e. The first-order valence-corrected chi connectivity index (χ1v) is 6.54. The monoisotopic (exact) mass is 247 g/mol. The Morgan fingerprint density at radius 1 is 1.33 bits per heavy atom. The van der Waals surface area contributed by atoms with Gasteiger partial charge in [0.05, 0.1) is 5.41 Å². The van der Waals surface area contributed by atoms with E-state index in [4.69, 9.17) is 5.11 Å². The lowest BCUT2D eigenvalue weighted by molar-refractivity contribution is -0.143. The molecule has 0 aromatic heterocycles. The van der Waals surface area contributed by atoms with Gasteiger partial charge in [-0.25, -0.2) is 0 Å². The highest BCUT2D eigenvalue weighted by Crippen LogP contribution is 2.45. The molecule has 0 spiro atoms. The highest BCUT2D eigenvalue weighted by Gasteiger charge is 2.49. The van der Waals surface area contributed by atoms with E-state index >= 15 is 0 Å². The Morgan fingerprint density at radius 2 is 2.06 bits per heavy atom. The van der Waals surface area contributed by atoms with E-state index < -0.39 is 11.4 Å². The van der Waals surface area contributed by atoms with Gasteiger partial charge in [0.1, 0.15) is 0 Å². The average Bonchev–Trinajstić information content (AvgIpc) is 3.10. The molecule has 3 heteroatoms. The largest absolute Gasteiger partial charge is 0.481 e. The average molecular weight is 247 g/mol. The van der Waals surface area contributed by atoms with Crippen LogP contribution in [0, 0.1) is 19.3 Å². The first kappa shape index (κ1) is 13.1. The quantitative estimate of drug-likeness (QED) is 0.758.